The molecule has 0 bridgehead atoms. The molecule has 0 aromatic heterocycles. The largest absolute Gasteiger partial charge is 0.384 e. The first kappa shape index (κ1) is 16.9. The van der Waals surface area contributed by atoms with E-state index in [4.69, 9.17) is 0 Å². The van der Waals surface area contributed by atoms with Crippen molar-refractivity contribution in [3.05, 3.63) is 0 Å². The van der Waals surface area contributed by atoms with Gasteiger partial charge in [-0.05, 0) is 0 Å². The van der Waals surface area contributed by atoms with Gasteiger partial charge in [0.25, 0.3) is 0 Å². The number of carbonyl (C=O) groups excluding carboxylic acids is 1. The highest BCUT2D eigenvalue weighted by molar-refractivity contribution is 5.82. The predicted molar refractivity (Wildman–Crippen MR) is 34.7 cm³/mol. The van der Waals surface area contributed by atoms with Crippen molar-refractivity contribution >= 4 is 6.04 Å². The van der Waals surface area contributed by atoms with Crippen LogP contribution >= 0.6 is 0 Å². The van der Waals surface area contributed by atoms with Gasteiger partial charge in [-0.25, -0.2) is 4.39 Å². The Labute approximate surface area is 100 Å². The minimum Gasteiger partial charge on any atom is -0.257 e. The molecule has 0 aliphatic heterocycles. The van der Waals surface area contributed by atoms with E-state index in [1.807, 2.05) is 0 Å². The Bertz CT molecular complexity index is 421. The number of hydrogen-bond acceptors (Lipinski definition) is 1. The Morgan fingerprint density at radius 1 is 0.500 bits per heavy atom. The van der Waals surface area contributed by atoms with E-state index in [0.29, 0.717) is 0 Å². The van der Waals surface area contributed by atoms with E-state index >= 15 is 0 Å². The van der Waals surface area contributed by atoms with Gasteiger partial charge in [0.05, 0.1) is 0 Å². The van der Waals surface area contributed by atoms with Crippen LogP contribution in [0.5, 0.6) is 0 Å². The van der Waals surface area contributed by atoms with E-state index < -0.39 is 41.3 Å². The van der Waals surface area contributed by atoms with E-state index in [0.717, 1.165) is 0 Å². The molecule has 0 aromatic rings. The fourth-order valence-electron chi connectivity index (χ4n) is 1.47. The maximum Gasteiger partial charge on any atom is 0.384 e. The van der Waals surface area contributed by atoms with Gasteiger partial charge >= 0.3 is 41.3 Å². The monoisotopic (exact) mass is 328 g/mol. The molecular formula is C7F12O. The standard InChI is InChI=1S/C7F12O/c8-1(20)2(9)3(10,11)5(14,15)7(18,19)6(16,17)4(2,12)13. The fraction of sp³-hybridized carbons (Fsp3) is 0.857. The lowest BCUT2D eigenvalue weighted by Crippen LogP contribution is -2.85. The molecule has 0 radical (unpaired) electrons. The zero-order chi connectivity index (χ0) is 16.6. The van der Waals surface area contributed by atoms with Crippen LogP contribution in [0.25, 0.3) is 0 Å². The van der Waals surface area contributed by atoms with Crippen LogP contribution in [-0.4, -0.2) is 41.3 Å². The molecule has 1 aliphatic rings. The second-order valence-corrected chi connectivity index (χ2v) is 3.80. The van der Waals surface area contributed by atoms with Crippen molar-refractivity contribution in [1.29, 1.82) is 0 Å². The number of halogens is 12. The van der Waals surface area contributed by atoms with Crippen LogP contribution in [0, 0.1) is 0 Å². The quantitative estimate of drug-likeness (QED) is 0.533. The second-order valence-electron chi connectivity index (χ2n) is 3.80. The molecule has 1 nitrogen and oxygen atoms in total. The first-order valence-electron chi connectivity index (χ1n) is 4.22. The van der Waals surface area contributed by atoms with Gasteiger partial charge in [0.2, 0.25) is 0 Å². The molecule has 118 valence electrons. The summed E-state index contributed by atoms with van der Waals surface area (Å²) >= 11 is 0. The second kappa shape index (κ2) is 3.53. The van der Waals surface area contributed by atoms with Crippen molar-refractivity contribution in [2.75, 3.05) is 0 Å². The molecule has 20 heavy (non-hydrogen) atoms. The van der Waals surface area contributed by atoms with E-state index in [-0.39, 0.29) is 0 Å². The summed E-state index contributed by atoms with van der Waals surface area (Å²) in [5, 5.41) is 0. The Morgan fingerprint density at radius 3 is 0.900 bits per heavy atom. The average molecular weight is 328 g/mol. The van der Waals surface area contributed by atoms with Gasteiger partial charge in [-0.15, -0.1) is 0 Å². The number of alkyl halides is 11. The zero-order valence-electron chi connectivity index (χ0n) is 8.44. The van der Waals surface area contributed by atoms with Crippen molar-refractivity contribution in [2.24, 2.45) is 0 Å². The molecule has 0 spiro atoms. The summed E-state index contributed by atoms with van der Waals surface area (Å²) in [4.78, 5) is 9.83. The highest BCUT2D eigenvalue weighted by atomic mass is 19.4. The maximum atomic E-state index is 13.1. The van der Waals surface area contributed by atoms with E-state index in [1.54, 1.807) is 0 Å². The molecule has 1 saturated carbocycles. The van der Waals surface area contributed by atoms with Gasteiger partial charge in [-0.3, -0.25) is 4.79 Å². The molecule has 0 atom stereocenters. The predicted octanol–water partition coefficient (Wildman–Crippen LogP) is 3.38. The van der Waals surface area contributed by atoms with E-state index in [9.17, 15) is 57.5 Å². The fourth-order valence-corrected chi connectivity index (χ4v) is 1.47. The molecule has 1 rings (SSSR count). The summed E-state index contributed by atoms with van der Waals surface area (Å²) in [5.74, 6) is -37.2. The number of hydrogen-bond donors (Lipinski definition) is 0. The third-order valence-corrected chi connectivity index (χ3v) is 2.71. The first-order chi connectivity index (χ1) is 8.44. The number of rotatable bonds is 1. The van der Waals surface area contributed by atoms with Gasteiger partial charge in [0.15, 0.2) is 0 Å². The Kier molecular flexibility index (Phi) is 2.98. The molecule has 0 unspecified atom stereocenters. The summed E-state index contributed by atoms with van der Waals surface area (Å²) in [6, 6.07) is -4.64. The SMILES string of the molecule is O=C(F)C1(F)C(F)(F)C(F)(F)C(F)(F)C(F)(F)C1(F)F. The zero-order valence-corrected chi connectivity index (χ0v) is 8.44. The summed E-state index contributed by atoms with van der Waals surface area (Å²) in [6.07, 6.45) is 0. The van der Waals surface area contributed by atoms with Crippen LogP contribution in [0.2, 0.25) is 0 Å². The van der Waals surface area contributed by atoms with Crippen molar-refractivity contribution in [3.63, 3.8) is 0 Å². The molecule has 0 amide bonds. The van der Waals surface area contributed by atoms with Gasteiger partial charge in [0, 0.05) is 0 Å². The highest BCUT2D eigenvalue weighted by Crippen LogP contribution is 2.69. The molecular weight excluding hydrogens is 328 g/mol. The maximum absolute atomic E-state index is 13.1. The molecule has 0 N–H and O–H groups in total. The lowest BCUT2D eigenvalue weighted by atomic mass is 9.72. The van der Waals surface area contributed by atoms with Crippen LogP contribution < -0.4 is 0 Å². The normalized spacial score (nSPS) is 31.6. The topological polar surface area (TPSA) is 17.1 Å². The molecule has 1 aliphatic carbocycles. The molecule has 0 heterocycles. The van der Waals surface area contributed by atoms with Crippen molar-refractivity contribution in [2.45, 2.75) is 35.3 Å². The van der Waals surface area contributed by atoms with Gasteiger partial charge in [0.1, 0.15) is 0 Å². The lowest BCUT2D eigenvalue weighted by molar-refractivity contribution is -0.477. The Hall–Kier alpha value is -1.17. The summed E-state index contributed by atoms with van der Waals surface area (Å²) in [5.41, 5.74) is -7.16. The van der Waals surface area contributed by atoms with E-state index in [2.05, 4.69) is 0 Å². The third kappa shape index (κ3) is 1.22. The molecule has 0 saturated heterocycles. The van der Waals surface area contributed by atoms with Crippen molar-refractivity contribution in [1.82, 2.24) is 0 Å². The van der Waals surface area contributed by atoms with Crippen molar-refractivity contribution < 1.29 is 57.5 Å². The van der Waals surface area contributed by atoms with Gasteiger partial charge in [-0.2, -0.15) is 48.3 Å². The molecule has 1 fully saturated rings. The summed E-state index contributed by atoms with van der Waals surface area (Å²) in [6.45, 7) is 0. The summed E-state index contributed by atoms with van der Waals surface area (Å²) < 4.78 is 151. The Balaban J connectivity index is 3.88. The molecule has 13 heteroatoms. The lowest BCUT2D eigenvalue weighted by Gasteiger charge is -2.50. The average Bonchev–Trinajstić information content (AvgIpc) is 2.24. The van der Waals surface area contributed by atoms with Crippen LogP contribution in [-0.2, 0) is 4.79 Å². The van der Waals surface area contributed by atoms with Crippen LogP contribution in [0.3, 0.4) is 0 Å². The third-order valence-electron chi connectivity index (χ3n) is 2.71. The first-order valence-corrected chi connectivity index (χ1v) is 4.22. The minimum atomic E-state index is -7.46. The van der Waals surface area contributed by atoms with Crippen LogP contribution in [0.1, 0.15) is 0 Å². The smallest absolute Gasteiger partial charge is 0.257 e. The summed E-state index contributed by atoms with van der Waals surface area (Å²) in [7, 11) is 0. The molecule has 0 aromatic carbocycles. The minimum absolute atomic E-state index is 4.64. The Morgan fingerprint density at radius 2 is 0.700 bits per heavy atom. The van der Waals surface area contributed by atoms with Crippen molar-refractivity contribution in [3.8, 4) is 0 Å². The van der Waals surface area contributed by atoms with Gasteiger partial charge < -0.3 is 0 Å². The van der Waals surface area contributed by atoms with Crippen LogP contribution in [0.4, 0.5) is 52.7 Å². The van der Waals surface area contributed by atoms with Crippen LogP contribution in [0.15, 0.2) is 0 Å². The van der Waals surface area contributed by atoms with E-state index in [1.165, 1.54) is 0 Å². The van der Waals surface area contributed by atoms with Gasteiger partial charge in [-0.1, -0.05) is 0 Å². The number of carbonyl (C=O) groups is 1. The highest BCUT2D eigenvalue weighted by Gasteiger charge is 3.03.